The molecule has 0 unspecified atom stereocenters. The first-order chi connectivity index (χ1) is 12.2. The van der Waals surface area contributed by atoms with Gasteiger partial charge in [0.15, 0.2) is 0 Å². The minimum Gasteiger partial charge on any atom is -0.350 e. The molecule has 2 atom stereocenters. The van der Waals surface area contributed by atoms with Crippen LogP contribution in [0.2, 0.25) is 0 Å². The molecule has 1 amide bonds. The van der Waals surface area contributed by atoms with Gasteiger partial charge in [-0.15, -0.1) is 0 Å². The summed E-state index contributed by atoms with van der Waals surface area (Å²) in [6.07, 6.45) is 2.57. The fraction of sp³-hybridized carbons (Fsp3) is 0.500. The van der Waals surface area contributed by atoms with Crippen LogP contribution in [-0.4, -0.2) is 34.1 Å². The van der Waals surface area contributed by atoms with Crippen molar-refractivity contribution < 1.29 is 4.79 Å². The summed E-state index contributed by atoms with van der Waals surface area (Å²) in [5, 5.41) is 10.2. The maximum absolute atomic E-state index is 12.8. The molecule has 2 fully saturated rings. The van der Waals surface area contributed by atoms with Crippen molar-refractivity contribution in [2.24, 2.45) is 17.8 Å². The Hall–Kier alpha value is -2.14. The molecule has 2 heterocycles. The van der Waals surface area contributed by atoms with Crippen LogP contribution in [-0.2, 0) is 17.9 Å². The van der Waals surface area contributed by atoms with E-state index >= 15 is 0 Å². The van der Waals surface area contributed by atoms with Gasteiger partial charge in [0, 0.05) is 25.3 Å². The lowest BCUT2D eigenvalue weighted by molar-refractivity contribution is -0.126. The van der Waals surface area contributed by atoms with Gasteiger partial charge in [-0.3, -0.25) is 14.8 Å². The highest BCUT2D eigenvalue weighted by Gasteiger charge is 2.45. The highest BCUT2D eigenvalue weighted by atomic mass is 16.2. The highest BCUT2D eigenvalue weighted by Crippen LogP contribution is 2.44. The van der Waals surface area contributed by atoms with E-state index in [4.69, 9.17) is 0 Å². The molecule has 5 heteroatoms. The van der Waals surface area contributed by atoms with E-state index in [0.29, 0.717) is 12.5 Å². The quantitative estimate of drug-likeness (QED) is 0.851. The molecule has 132 valence electrons. The van der Waals surface area contributed by atoms with Gasteiger partial charge in [-0.05, 0) is 43.2 Å². The Kier molecular flexibility index (Phi) is 4.57. The number of rotatable bonds is 6. The summed E-state index contributed by atoms with van der Waals surface area (Å²) in [6.45, 7) is 5.32. The van der Waals surface area contributed by atoms with Crippen LogP contribution in [0, 0.1) is 24.7 Å². The molecular weight excluding hydrogens is 312 g/mol. The van der Waals surface area contributed by atoms with Crippen molar-refractivity contribution in [3.8, 4) is 0 Å². The van der Waals surface area contributed by atoms with Crippen molar-refractivity contribution in [3.05, 3.63) is 53.3 Å². The number of aromatic amines is 1. The van der Waals surface area contributed by atoms with Crippen LogP contribution >= 0.6 is 0 Å². The number of hydrogen-bond acceptors (Lipinski definition) is 3. The maximum Gasteiger partial charge on any atom is 0.225 e. The second kappa shape index (κ2) is 7.00. The monoisotopic (exact) mass is 338 g/mol. The predicted molar refractivity (Wildman–Crippen MR) is 96.6 cm³/mol. The first-order valence-electron chi connectivity index (χ1n) is 9.24. The molecule has 2 aromatic rings. The molecule has 1 saturated heterocycles. The van der Waals surface area contributed by atoms with E-state index < -0.39 is 0 Å². The van der Waals surface area contributed by atoms with Crippen LogP contribution in [0.1, 0.15) is 29.8 Å². The van der Waals surface area contributed by atoms with E-state index in [0.717, 1.165) is 36.9 Å². The number of likely N-dealkylation sites (tertiary alicyclic amines) is 1. The third kappa shape index (κ3) is 3.93. The number of carbonyl (C=O) groups is 1. The van der Waals surface area contributed by atoms with Crippen molar-refractivity contribution >= 4 is 5.91 Å². The second-order valence-corrected chi connectivity index (χ2v) is 7.55. The fourth-order valence-electron chi connectivity index (χ4n) is 4.04. The van der Waals surface area contributed by atoms with Gasteiger partial charge >= 0.3 is 0 Å². The van der Waals surface area contributed by atoms with Crippen molar-refractivity contribution in [1.29, 1.82) is 0 Å². The van der Waals surface area contributed by atoms with Gasteiger partial charge < -0.3 is 5.32 Å². The van der Waals surface area contributed by atoms with E-state index in [-0.39, 0.29) is 11.8 Å². The number of benzene rings is 1. The van der Waals surface area contributed by atoms with Crippen molar-refractivity contribution in [2.75, 3.05) is 13.1 Å². The normalized spacial score (nSPS) is 23.7. The number of aromatic nitrogens is 2. The number of hydrogen-bond donors (Lipinski definition) is 2. The van der Waals surface area contributed by atoms with Crippen LogP contribution in [0.15, 0.2) is 36.4 Å². The molecule has 0 spiro atoms. The number of amides is 1. The van der Waals surface area contributed by atoms with Gasteiger partial charge in [0.1, 0.15) is 0 Å². The molecule has 1 aliphatic carbocycles. The first kappa shape index (κ1) is 16.3. The van der Waals surface area contributed by atoms with Gasteiger partial charge in [0.25, 0.3) is 0 Å². The molecule has 2 N–H and O–H groups in total. The maximum atomic E-state index is 12.8. The second-order valence-electron chi connectivity index (χ2n) is 7.55. The van der Waals surface area contributed by atoms with E-state index in [1.165, 1.54) is 18.4 Å². The van der Waals surface area contributed by atoms with Crippen molar-refractivity contribution in [1.82, 2.24) is 20.4 Å². The highest BCUT2D eigenvalue weighted by molar-refractivity contribution is 5.79. The molecule has 25 heavy (non-hydrogen) atoms. The molecule has 0 bridgehead atoms. The molecule has 1 aliphatic heterocycles. The summed E-state index contributed by atoms with van der Waals surface area (Å²) >= 11 is 0. The van der Waals surface area contributed by atoms with Crippen LogP contribution in [0.25, 0.3) is 0 Å². The molecule has 1 aromatic carbocycles. The van der Waals surface area contributed by atoms with E-state index in [1.807, 2.05) is 19.1 Å². The van der Waals surface area contributed by atoms with Crippen LogP contribution < -0.4 is 5.32 Å². The molecular formula is C20H26N4O. The molecule has 0 radical (unpaired) electrons. The number of aryl methyl sites for hydroxylation is 1. The lowest BCUT2D eigenvalue weighted by atomic mass is 9.91. The lowest BCUT2D eigenvalue weighted by Gasteiger charge is -2.17. The van der Waals surface area contributed by atoms with Crippen LogP contribution in [0.3, 0.4) is 0 Å². The standard InChI is InChI=1S/C20H26N4O/c1-14-9-17(23-22-14)10-21-20(25)19-13-24(12-18(19)16-7-8-16)11-15-5-3-2-4-6-15/h2-6,9,16,18-19H,7-8,10-13H2,1H3,(H,21,25)(H,22,23)/t18-,19+/m0/s1. The Labute approximate surface area is 148 Å². The number of nitrogens with zero attached hydrogens (tertiary/aromatic N) is 2. The van der Waals surface area contributed by atoms with E-state index in [9.17, 15) is 4.79 Å². The van der Waals surface area contributed by atoms with Gasteiger partial charge in [-0.2, -0.15) is 5.10 Å². The zero-order valence-corrected chi connectivity index (χ0v) is 14.7. The Morgan fingerprint density at radius 3 is 2.76 bits per heavy atom. The van der Waals surface area contributed by atoms with Gasteiger partial charge in [0.05, 0.1) is 18.2 Å². The molecule has 2 aliphatic rings. The van der Waals surface area contributed by atoms with Gasteiger partial charge in [-0.1, -0.05) is 30.3 Å². The number of nitrogens with one attached hydrogen (secondary N) is 2. The van der Waals surface area contributed by atoms with Crippen molar-refractivity contribution in [2.45, 2.75) is 32.9 Å². The lowest BCUT2D eigenvalue weighted by Crippen LogP contribution is -2.35. The zero-order chi connectivity index (χ0) is 17.2. The Balaban J connectivity index is 1.37. The van der Waals surface area contributed by atoms with Crippen molar-refractivity contribution in [3.63, 3.8) is 0 Å². The number of H-pyrrole nitrogens is 1. The molecule has 5 nitrogen and oxygen atoms in total. The third-order valence-electron chi connectivity index (χ3n) is 5.46. The van der Waals surface area contributed by atoms with Crippen LogP contribution in [0.4, 0.5) is 0 Å². The first-order valence-corrected chi connectivity index (χ1v) is 9.24. The summed E-state index contributed by atoms with van der Waals surface area (Å²) in [5.74, 6) is 1.54. The topological polar surface area (TPSA) is 61.0 Å². The molecule has 4 rings (SSSR count). The summed E-state index contributed by atoms with van der Waals surface area (Å²) < 4.78 is 0. The Bertz CT molecular complexity index is 722. The number of carbonyl (C=O) groups excluding carboxylic acids is 1. The average molecular weight is 338 g/mol. The van der Waals surface area contributed by atoms with E-state index in [1.54, 1.807) is 0 Å². The summed E-state index contributed by atoms with van der Waals surface area (Å²) in [6, 6.07) is 12.5. The van der Waals surface area contributed by atoms with E-state index in [2.05, 4.69) is 44.7 Å². The predicted octanol–water partition coefficient (Wildman–Crippen LogP) is 2.49. The fourth-order valence-corrected chi connectivity index (χ4v) is 4.04. The van der Waals surface area contributed by atoms with Gasteiger partial charge in [0.2, 0.25) is 5.91 Å². The Morgan fingerprint density at radius 1 is 1.28 bits per heavy atom. The average Bonchev–Trinajstić information content (AvgIpc) is 3.25. The van der Waals surface area contributed by atoms with Crippen LogP contribution in [0.5, 0.6) is 0 Å². The largest absolute Gasteiger partial charge is 0.350 e. The minimum atomic E-state index is 0.108. The summed E-state index contributed by atoms with van der Waals surface area (Å²) in [5.41, 5.74) is 3.24. The molecule has 1 saturated carbocycles. The van der Waals surface area contributed by atoms with Gasteiger partial charge in [-0.25, -0.2) is 0 Å². The summed E-state index contributed by atoms with van der Waals surface area (Å²) in [7, 11) is 0. The SMILES string of the molecule is Cc1cc(CNC(=O)[C@@H]2CN(Cc3ccccc3)C[C@H]2C2CC2)n[nH]1. The third-order valence-corrected chi connectivity index (χ3v) is 5.46. The summed E-state index contributed by atoms with van der Waals surface area (Å²) in [4.78, 5) is 15.2. The minimum absolute atomic E-state index is 0.108. The molecule has 1 aromatic heterocycles. The zero-order valence-electron chi connectivity index (χ0n) is 14.7. The smallest absolute Gasteiger partial charge is 0.225 e. The Morgan fingerprint density at radius 2 is 2.08 bits per heavy atom.